The summed E-state index contributed by atoms with van der Waals surface area (Å²) in [6.07, 6.45) is 0.883. The number of nitrogens with zero attached hydrogens (tertiary/aromatic N) is 2. The van der Waals surface area contributed by atoms with E-state index < -0.39 is 0 Å². The Kier molecular flexibility index (Phi) is 8.00. The molecule has 0 saturated heterocycles. The van der Waals surface area contributed by atoms with Crippen molar-refractivity contribution >= 4 is 16.8 Å². The third kappa shape index (κ3) is 6.29. The smallest absolute Gasteiger partial charge is 0.258 e. The minimum atomic E-state index is -0.215. The van der Waals surface area contributed by atoms with Gasteiger partial charge in [-0.05, 0) is 42.8 Å². The zero-order chi connectivity index (χ0) is 22.1. The van der Waals surface area contributed by atoms with E-state index in [4.69, 9.17) is 14.2 Å². The van der Waals surface area contributed by atoms with Gasteiger partial charge in [0.2, 0.25) is 5.91 Å². The van der Waals surface area contributed by atoms with Gasteiger partial charge in [0, 0.05) is 20.1 Å². The van der Waals surface area contributed by atoms with E-state index in [2.05, 4.69) is 9.97 Å². The summed E-state index contributed by atoms with van der Waals surface area (Å²) in [5.41, 5.74) is 0.390. The van der Waals surface area contributed by atoms with Crippen LogP contribution in [0.1, 0.15) is 18.7 Å². The first kappa shape index (κ1) is 22.3. The monoisotopic (exact) mass is 425 g/mol. The maximum atomic E-state index is 12.8. The number of carbonyl (C=O) groups is 1. The first-order chi connectivity index (χ1) is 15.1. The molecular weight excluding hydrogens is 398 g/mol. The zero-order valence-corrected chi connectivity index (χ0v) is 17.8. The highest BCUT2D eigenvalue weighted by Crippen LogP contribution is 2.17. The number of H-pyrrole nitrogens is 1. The molecule has 2 aromatic carbocycles. The van der Waals surface area contributed by atoms with E-state index in [-0.39, 0.29) is 18.0 Å². The molecule has 0 spiro atoms. The SMILES string of the molecule is COCCN(Cc1nc2ccccc2c(=O)[nH]1)C(=O)CCCOc1ccc(OC)cc1. The molecule has 0 bridgehead atoms. The Bertz CT molecular complexity index is 1050. The van der Waals surface area contributed by atoms with Gasteiger partial charge in [0.1, 0.15) is 17.3 Å². The van der Waals surface area contributed by atoms with Crippen molar-refractivity contribution in [3.8, 4) is 11.5 Å². The summed E-state index contributed by atoms with van der Waals surface area (Å²) >= 11 is 0. The molecule has 1 N–H and O–H groups in total. The van der Waals surface area contributed by atoms with Gasteiger partial charge in [-0.3, -0.25) is 9.59 Å². The van der Waals surface area contributed by atoms with Crippen LogP contribution in [-0.2, 0) is 16.1 Å². The number of fused-ring (bicyclic) bond motifs is 1. The molecule has 1 aromatic heterocycles. The number of ether oxygens (including phenoxy) is 3. The molecule has 0 aliphatic carbocycles. The number of benzene rings is 2. The lowest BCUT2D eigenvalue weighted by molar-refractivity contribution is -0.132. The number of hydrogen-bond donors (Lipinski definition) is 1. The Morgan fingerprint density at radius 2 is 1.77 bits per heavy atom. The maximum absolute atomic E-state index is 12.8. The van der Waals surface area contributed by atoms with E-state index in [1.165, 1.54) is 0 Å². The van der Waals surface area contributed by atoms with Crippen molar-refractivity contribution < 1.29 is 19.0 Å². The maximum Gasteiger partial charge on any atom is 0.258 e. The molecule has 31 heavy (non-hydrogen) atoms. The second-order valence-corrected chi connectivity index (χ2v) is 6.97. The fourth-order valence-electron chi connectivity index (χ4n) is 3.13. The predicted molar refractivity (Wildman–Crippen MR) is 117 cm³/mol. The van der Waals surface area contributed by atoms with Crippen molar-refractivity contribution in [1.29, 1.82) is 0 Å². The van der Waals surface area contributed by atoms with Crippen LogP contribution < -0.4 is 15.0 Å². The number of aromatic nitrogens is 2. The Hall–Kier alpha value is -3.39. The third-order valence-electron chi connectivity index (χ3n) is 4.78. The lowest BCUT2D eigenvalue weighted by Crippen LogP contribution is -2.34. The molecule has 0 fully saturated rings. The molecule has 164 valence electrons. The van der Waals surface area contributed by atoms with Gasteiger partial charge >= 0.3 is 0 Å². The van der Waals surface area contributed by atoms with Crippen LogP contribution in [0.4, 0.5) is 0 Å². The van der Waals surface area contributed by atoms with Crippen LogP contribution in [0.3, 0.4) is 0 Å². The predicted octanol–water partition coefficient (Wildman–Crippen LogP) is 2.77. The second-order valence-electron chi connectivity index (χ2n) is 6.97. The number of methoxy groups -OCH3 is 2. The lowest BCUT2D eigenvalue weighted by atomic mass is 10.2. The Morgan fingerprint density at radius 3 is 2.52 bits per heavy atom. The number of carbonyl (C=O) groups excluding carboxylic acids is 1. The summed E-state index contributed by atoms with van der Waals surface area (Å²) in [6.45, 7) is 1.43. The summed E-state index contributed by atoms with van der Waals surface area (Å²) in [5.74, 6) is 1.88. The third-order valence-corrected chi connectivity index (χ3v) is 4.78. The topological polar surface area (TPSA) is 93.8 Å². The van der Waals surface area contributed by atoms with Crippen molar-refractivity contribution in [2.75, 3.05) is 34.0 Å². The molecule has 3 aromatic rings. The number of hydrogen-bond acceptors (Lipinski definition) is 6. The van der Waals surface area contributed by atoms with Crippen LogP contribution in [0.25, 0.3) is 10.9 Å². The van der Waals surface area contributed by atoms with E-state index in [0.29, 0.717) is 49.3 Å². The summed E-state index contributed by atoms with van der Waals surface area (Å²) in [7, 11) is 3.20. The minimum absolute atomic E-state index is 0.0498. The number of nitrogens with one attached hydrogen (secondary N) is 1. The summed E-state index contributed by atoms with van der Waals surface area (Å²) < 4.78 is 15.9. The molecule has 8 nitrogen and oxygen atoms in total. The van der Waals surface area contributed by atoms with Crippen molar-refractivity contribution in [2.45, 2.75) is 19.4 Å². The summed E-state index contributed by atoms with van der Waals surface area (Å²) in [5, 5.41) is 0.525. The van der Waals surface area contributed by atoms with Crippen LogP contribution in [0, 0.1) is 0 Å². The first-order valence-electron chi connectivity index (χ1n) is 10.1. The standard InChI is InChI=1S/C23H27N3O5/c1-29-15-13-26(16-21-24-20-7-4-3-6-19(20)23(28)25-21)22(27)8-5-14-31-18-11-9-17(30-2)10-12-18/h3-4,6-7,9-12H,5,8,13-16H2,1-2H3,(H,24,25,28). The van der Waals surface area contributed by atoms with Gasteiger partial charge in [-0.25, -0.2) is 4.98 Å². The van der Waals surface area contributed by atoms with Gasteiger partial charge in [-0.15, -0.1) is 0 Å². The lowest BCUT2D eigenvalue weighted by Gasteiger charge is -2.22. The van der Waals surface area contributed by atoms with Crippen molar-refractivity contribution in [1.82, 2.24) is 14.9 Å². The van der Waals surface area contributed by atoms with Gasteiger partial charge in [-0.1, -0.05) is 12.1 Å². The molecule has 0 atom stereocenters. The molecule has 1 heterocycles. The van der Waals surface area contributed by atoms with Crippen LogP contribution in [-0.4, -0.2) is 54.8 Å². The highest BCUT2D eigenvalue weighted by atomic mass is 16.5. The van der Waals surface area contributed by atoms with Crippen molar-refractivity contribution in [2.24, 2.45) is 0 Å². The molecule has 3 rings (SSSR count). The fourth-order valence-corrected chi connectivity index (χ4v) is 3.13. The largest absolute Gasteiger partial charge is 0.497 e. The number of aromatic amines is 1. The van der Waals surface area contributed by atoms with Crippen molar-refractivity contribution in [3.63, 3.8) is 0 Å². The molecular formula is C23H27N3O5. The van der Waals surface area contributed by atoms with Gasteiger partial charge in [-0.2, -0.15) is 0 Å². The Morgan fingerprint density at radius 1 is 1.03 bits per heavy atom. The van der Waals surface area contributed by atoms with Gasteiger partial charge < -0.3 is 24.1 Å². The highest BCUT2D eigenvalue weighted by Gasteiger charge is 2.16. The molecule has 1 amide bonds. The van der Waals surface area contributed by atoms with Gasteiger partial charge in [0.25, 0.3) is 5.56 Å². The minimum Gasteiger partial charge on any atom is -0.497 e. The van der Waals surface area contributed by atoms with Gasteiger partial charge in [0.05, 0.1) is 37.8 Å². The Labute approximate surface area is 180 Å². The average Bonchev–Trinajstić information content (AvgIpc) is 2.79. The van der Waals surface area contributed by atoms with Crippen LogP contribution in [0.2, 0.25) is 0 Å². The quantitative estimate of drug-likeness (QED) is 0.475. The average molecular weight is 425 g/mol. The first-order valence-corrected chi connectivity index (χ1v) is 10.1. The normalized spacial score (nSPS) is 10.8. The van der Waals surface area contributed by atoms with E-state index in [0.717, 1.165) is 11.5 Å². The van der Waals surface area contributed by atoms with E-state index in [1.807, 2.05) is 30.3 Å². The summed E-state index contributed by atoms with van der Waals surface area (Å²) in [6, 6.07) is 14.4. The van der Waals surface area contributed by atoms with Crippen molar-refractivity contribution in [3.05, 3.63) is 64.7 Å². The Balaban J connectivity index is 1.57. The van der Waals surface area contributed by atoms with Crippen LogP contribution in [0.5, 0.6) is 11.5 Å². The molecule has 0 saturated carbocycles. The molecule has 0 radical (unpaired) electrons. The number of amides is 1. The molecule has 0 aliphatic rings. The second kappa shape index (κ2) is 11.1. The summed E-state index contributed by atoms with van der Waals surface area (Å²) in [4.78, 5) is 34.0. The highest BCUT2D eigenvalue weighted by molar-refractivity contribution is 5.78. The van der Waals surface area contributed by atoms with E-state index in [1.54, 1.807) is 37.3 Å². The molecule has 0 aliphatic heterocycles. The number of para-hydroxylation sites is 1. The molecule has 8 heteroatoms. The van der Waals surface area contributed by atoms with E-state index >= 15 is 0 Å². The van der Waals surface area contributed by atoms with Crippen LogP contribution >= 0.6 is 0 Å². The molecule has 0 unspecified atom stereocenters. The van der Waals surface area contributed by atoms with Gasteiger partial charge in [0.15, 0.2) is 0 Å². The number of rotatable bonds is 11. The fraction of sp³-hybridized carbons (Fsp3) is 0.348. The van der Waals surface area contributed by atoms with Crippen LogP contribution in [0.15, 0.2) is 53.3 Å². The van der Waals surface area contributed by atoms with E-state index in [9.17, 15) is 9.59 Å². The zero-order valence-electron chi connectivity index (χ0n) is 17.8.